The minimum Gasteiger partial charge on any atom is -0.469 e. The van der Waals surface area contributed by atoms with Gasteiger partial charge in [-0.1, -0.05) is 0 Å². The molecule has 0 aliphatic heterocycles. The van der Waals surface area contributed by atoms with Crippen LogP contribution < -0.4 is 0 Å². The summed E-state index contributed by atoms with van der Waals surface area (Å²) in [4.78, 5) is 21.6. The van der Waals surface area contributed by atoms with Gasteiger partial charge in [-0.3, -0.25) is 9.59 Å². The van der Waals surface area contributed by atoms with Gasteiger partial charge in [-0.05, 0) is 0 Å². The van der Waals surface area contributed by atoms with Crippen LogP contribution in [0.5, 0.6) is 0 Å². The summed E-state index contributed by atoms with van der Waals surface area (Å²) in [6, 6.07) is 0. The van der Waals surface area contributed by atoms with Gasteiger partial charge in [-0.25, -0.2) is 0 Å². The summed E-state index contributed by atoms with van der Waals surface area (Å²) < 4.78 is 8.81. The Morgan fingerprint density at radius 1 is 1.00 bits per heavy atom. The molecule has 14 heavy (non-hydrogen) atoms. The summed E-state index contributed by atoms with van der Waals surface area (Å²) in [5, 5.41) is -1.27. The number of hydrogen-bond acceptors (Lipinski definition) is 4. The molecule has 6 heteroatoms. The van der Waals surface area contributed by atoms with Crippen LogP contribution in [0.15, 0.2) is 0 Å². The van der Waals surface area contributed by atoms with E-state index in [1.165, 1.54) is 14.2 Å². The number of rotatable bonds is 5. The molecule has 2 atom stereocenters. The molecule has 0 heterocycles. The third kappa shape index (κ3) is 5.29. The van der Waals surface area contributed by atoms with Crippen LogP contribution in [-0.2, 0) is 19.1 Å². The molecule has 0 aromatic rings. The zero-order valence-electron chi connectivity index (χ0n) is 7.96. The van der Waals surface area contributed by atoms with Crippen LogP contribution in [0.4, 0.5) is 0 Å². The second-order valence-electron chi connectivity index (χ2n) is 2.59. The predicted octanol–water partition coefficient (Wildman–Crippen LogP) is 1.33. The summed E-state index contributed by atoms with van der Waals surface area (Å²) in [6.45, 7) is 0. The van der Waals surface area contributed by atoms with E-state index in [-0.39, 0.29) is 12.8 Å². The molecule has 0 saturated heterocycles. The molecule has 0 rings (SSSR count). The van der Waals surface area contributed by atoms with Crippen LogP contribution in [0.25, 0.3) is 0 Å². The van der Waals surface area contributed by atoms with Gasteiger partial charge >= 0.3 is 11.9 Å². The maximum atomic E-state index is 10.8. The average molecular weight is 243 g/mol. The Bertz CT molecular complexity index is 186. The minimum atomic E-state index is -0.636. The van der Waals surface area contributed by atoms with Crippen molar-refractivity contribution >= 4 is 35.1 Å². The first-order valence-electron chi connectivity index (χ1n) is 3.93. The van der Waals surface area contributed by atoms with E-state index in [2.05, 4.69) is 9.47 Å². The lowest BCUT2D eigenvalue weighted by Crippen LogP contribution is -2.23. The van der Waals surface area contributed by atoms with Gasteiger partial charge in [-0.2, -0.15) is 0 Å². The largest absolute Gasteiger partial charge is 0.469 e. The molecular weight excluding hydrogens is 231 g/mol. The van der Waals surface area contributed by atoms with Crippen LogP contribution in [-0.4, -0.2) is 36.9 Å². The lowest BCUT2D eigenvalue weighted by Gasteiger charge is -2.13. The molecule has 82 valence electrons. The second-order valence-corrected chi connectivity index (χ2v) is 3.71. The van der Waals surface area contributed by atoms with Crippen molar-refractivity contribution in [3.8, 4) is 0 Å². The van der Waals surface area contributed by atoms with Crippen molar-refractivity contribution in [3.63, 3.8) is 0 Å². The second kappa shape index (κ2) is 6.90. The van der Waals surface area contributed by atoms with Crippen LogP contribution in [0.2, 0.25) is 0 Å². The zero-order valence-corrected chi connectivity index (χ0v) is 9.47. The Morgan fingerprint density at radius 2 is 1.29 bits per heavy atom. The van der Waals surface area contributed by atoms with Gasteiger partial charge in [-0.15, -0.1) is 23.2 Å². The zero-order chi connectivity index (χ0) is 11.1. The molecule has 0 saturated carbocycles. The van der Waals surface area contributed by atoms with Crippen molar-refractivity contribution in [1.82, 2.24) is 0 Å². The van der Waals surface area contributed by atoms with E-state index >= 15 is 0 Å². The Morgan fingerprint density at radius 3 is 1.50 bits per heavy atom. The minimum absolute atomic E-state index is 0.0246. The van der Waals surface area contributed by atoms with Crippen molar-refractivity contribution in [2.24, 2.45) is 0 Å². The van der Waals surface area contributed by atoms with Gasteiger partial charge in [0.25, 0.3) is 0 Å². The van der Waals surface area contributed by atoms with Gasteiger partial charge in [0.2, 0.25) is 0 Å². The smallest absolute Gasteiger partial charge is 0.307 e. The summed E-state index contributed by atoms with van der Waals surface area (Å²) in [7, 11) is 2.52. The Balaban J connectivity index is 3.92. The van der Waals surface area contributed by atoms with Crippen molar-refractivity contribution in [2.45, 2.75) is 23.6 Å². The number of carbonyl (C=O) groups excluding carboxylic acids is 2. The number of carbonyl (C=O) groups is 2. The van der Waals surface area contributed by atoms with Crippen LogP contribution >= 0.6 is 23.2 Å². The molecule has 0 bridgehead atoms. The molecule has 0 aromatic carbocycles. The first-order chi connectivity index (χ1) is 6.51. The number of ether oxygens (including phenoxy) is 2. The number of hydrogen-bond donors (Lipinski definition) is 0. The predicted molar refractivity (Wildman–Crippen MR) is 52.5 cm³/mol. The van der Waals surface area contributed by atoms with E-state index in [1.807, 2.05) is 0 Å². The number of halogens is 2. The maximum Gasteiger partial charge on any atom is 0.307 e. The van der Waals surface area contributed by atoms with Crippen molar-refractivity contribution in [1.29, 1.82) is 0 Å². The monoisotopic (exact) mass is 242 g/mol. The van der Waals surface area contributed by atoms with Crippen LogP contribution in [0.3, 0.4) is 0 Å². The molecule has 0 aliphatic rings. The highest BCUT2D eigenvalue weighted by Gasteiger charge is 2.23. The Kier molecular flexibility index (Phi) is 6.66. The molecule has 0 spiro atoms. The SMILES string of the molecule is COC(=O)CC(Cl)C(Cl)CC(=O)OC. The molecule has 0 fully saturated rings. The van der Waals surface area contributed by atoms with Gasteiger partial charge in [0.05, 0.1) is 37.8 Å². The van der Waals surface area contributed by atoms with Crippen LogP contribution in [0.1, 0.15) is 12.8 Å². The van der Waals surface area contributed by atoms with Crippen LogP contribution in [0, 0.1) is 0 Å². The number of alkyl halides is 2. The van der Waals surface area contributed by atoms with Gasteiger partial charge in [0.15, 0.2) is 0 Å². The quantitative estimate of drug-likeness (QED) is 0.540. The maximum absolute atomic E-state index is 10.8. The van der Waals surface area contributed by atoms with Gasteiger partial charge < -0.3 is 9.47 Å². The fraction of sp³-hybridized carbons (Fsp3) is 0.750. The molecule has 0 aromatic heterocycles. The molecular formula is C8H12Cl2O4. The van der Waals surface area contributed by atoms with Crippen molar-refractivity contribution in [2.75, 3.05) is 14.2 Å². The molecule has 0 N–H and O–H groups in total. The summed E-state index contributed by atoms with van der Waals surface area (Å²) >= 11 is 11.5. The van der Waals surface area contributed by atoms with Gasteiger partial charge in [0, 0.05) is 0 Å². The molecule has 0 amide bonds. The van der Waals surface area contributed by atoms with E-state index in [0.29, 0.717) is 0 Å². The normalized spacial score (nSPS) is 14.3. The van der Waals surface area contributed by atoms with Crippen molar-refractivity contribution < 1.29 is 19.1 Å². The molecule has 2 unspecified atom stereocenters. The summed E-state index contributed by atoms with van der Waals surface area (Å²) in [5.74, 6) is -0.916. The van der Waals surface area contributed by atoms with E-state index in [9.17, 15) is 9.59 Å². The first-order valence-corrected chi connectivity index (χ1v) is 4.80. The third-order valence-electron chi connectivity index (χ3n) is 1.57. The Hall–Kier alpha value is -0.480. The van der Waals surface area contributed by atoms with Crippen molar-refractivity contribution in [3.05, 3.63) is 0 Å². The fourth-order valence-electron chi connectivity index (χ4n) is 0.741. The standard InChI is InChI=1S/C8H12Cl2O4/c1-13-7(11)3-5(9)6(10)4-8(12)14-2/h5-6H,3-4H2,1-2H3. The van der Waals surface area contributed by atoms with Gasteiger partial charge in [0.1, 0.15) is 0 Å². The molecule has 0 aliphatic carbocycles. The lowest BCUT2D eigenvalue weighted by atomic mass is 10.2. The fourth-order valence-corrected chi connectivity index (χ4v) is 1.17. The lowest BCUT2D eigenvalue weighted by molar-refractivity contribution is -0.142. The number of methoxy groups -OCH3 is 2. The van der Waals surface area contributed by atoms with E-state index < -0.39 is 22.7 Å². The highest BCUT2D eigenvalue weighted by Crippen LogP contribution is 2.18. The molecule has 0 radical (unpaired) electrons. The summed E-state index contributed by atoms with van der Waals surface area (Å²) in [6.07, 6.45) is -0.0492. The summed E-state index contributed by atoms with van der Waals surface area (Å²) in [5.41, 5.74) is 0. The van der Waals surface area contributed by atoms with E-state index in [1.54, 1.807) is 0 Å². The highest BCUT2D eigenvalue weighted by atomic mass is 35.5. The third-order valence-corrected chi connectivity index (χ3v) is 2.62. The van der Waals surface area contributed by atoms with E-state index in [4.69, 9.17) is 23.2 Å². The first kappa shape index (κ1) is 13.5. The Labute approximate surface area is 92.5 Å². The molecule has 4 nitrogen and oxygen atoms in total. The average Bonchev–Trinajstić information content (AvgIpc) is 2.17. The topological polar surface area (TPSA) is 52.6 Å². The number of esters is 2. The van der Waals surface area contributed by atoms with E-state index in [0.717, 1.165) is 0 Å². The highest BCUT2D eigenvalue weighted by molar-refractivity contribution is 6.31.